The molecule has 0 spiro atoms. The molecule has 1 atom stereocenters. The van der Waals surface area contributed by atoms with Crippen molar-refractivity contribution < 1.29 is 0 Å². The summed E-state index contributed by atoms with van der Waals surface area (Å²) in [6, 6.07) is 10.8. The second kappa shape index (κ2) is 8.02. The van der Waals surface area contributed by atoms with E-state index in [9.17, 15) is 0 Å². The number of unbranched alkanes of at least 4 members (excludes halogenated alkanes) is 2. The Morgan fingerprint density at radius 1 is 1.11 bits per heavy atom. The Hall–Kier alpha value is -1.26. The number of nitrogens with zero attached hydrogens (tertiary/aromatic N) is 1. The fourth-order valence-electron chi connectivity index (χ4n) is 2.68. The molecule has 1 heteroatoms. The van der Waals surface area contributed by atoms with Gasteiger partial charge in [-0.25, -0.2) is 0 Å². The van der Waals surface area contributed by atoms with Gasteiger partial charge in [-0.3, -0.25) is 4.90 Å². The lowest BCUT2D eigenvalue weighted by Gasteiger charge is -2.22. The van der Waals surface area contributed by atoms with Crippen molar-refractivity contribution in [2.24, 2.45) is 0 Å². The number of likely N-dealkylation sites (tertiary alicyclic amines) is 1. The lowest BCUT2D eigenvalue weighted by atomic mass is 10.1. The number of hydrogen-bond acceptors (Lipinski definition) is 1. The molecule has 1 aliphatic rings. The highest BCUT2D eigenvalue weighted by molar-refractivity contribution is 5.34. The molecule has 102 valence electrons. The average Bonchev–Trinajstić information content (AvgIpc) is 2.98. The molecule has 0 unspecified atom stereocenters. The first-order valence-corrected chi connectivity index (χ1v) is 7.71. The smallest absolute Gasteiger partial charge is 0.0718 e. The predicted octanol–water partition coefficient (Wildman–Crippen LogP) is 4.08. The first-order valence-electron chi connectivity index (χ1n) is 7.71. The molecule has 1 heterocycles. The second-order valence-corrected chi connectivity index (χ2v) is 5.39. The lowest BCUT2D eigenvalue weighted by Crippen LogP contribution is -2.31. The molecule has 1 aromatic rings. The summed E-state index contributed by atoms with van der Waals surface area (Å²) < 4.78 is 0. The molecule has 0 aliphatic carbocycles. The molecule has 19 heavy (non-hydrogen) atoms. The third-order valence-corrected chi connectivity index (χ3v) is 3.82. The average molecular weight is 255 g/mol. The van der Waals surface area contributed by atoms with Crippen LogP contribution in [0.15, 0.2) is 30.3 Å². The molecule has 0 aromatic heterocycles. The summed E-state index contributed by atoms with van der Waals surface area (Å²) in [5, 5.41) is 0. The van der Waals surface area contributed by atoms with Crippen LogP contribution in [0.3, 0.4) is 0 Å². The zero-order chi connectivity index (χ0) is 13.3. The van der Waals surface area contributed by atoms with Gasteiger partial charge in [0, 0.05) is 5.56 Å². The molecule has 0 bridgehead atoms. The summed E-state index contributed by atoms with van der Waals surface area (Å²) in [6.07, 6.45) is 7.85. The minimum absolute atomic E-state index is 0.467. The standard InChI is InChI=1S/C18H25N/c1-2-3-5-12-18(19-15-8-9-16-19)14-13-17-10-6-4-7-11-17/h4,6-7,10-11,18H,2-3,5,8-9,12,15-16H2,1H3/t18-/m0/s1. The number of hydrogen-bond donors (Lipinski definition) is 0. The Bertz CT molecular complexity index is 406. The molecule has 1 aliphatic heterocycles. The van der Waals surface area contributed by atoms with Crippen molar-refractivity contribution in [1.29, 1.82) is 0 Å². The molecule has 0 radical (unpaired) electrons. The minimum Gasteiger partial charge on any atom is -0.290 e. The zero-order valence-corrected chi connectivity index (χ0v) is 12.1. The van der Waals surface area contributed by atoms with E-state index >= 15 is 0 Å². The molecule has 0 amide bonds. The van der Waals surface area contributed by atoms with Crippen LogP contribution in [0.25, 0.3) is 0 Å². The summed E-state index contributed by atoms with van der Waals surface area (Å²) in [5.41, 5.74) is 1.14. The van der Waals surface area contributed by atoms with Crippen LogP contribution >= 0.6 is 0 Å². The first-order chi connectivity index (χ1) is 9.40. The highest BCUT2D eigenvalue weighted by atomic mass is 15.2. The van der Waals surface area contributed by atoms with Crippen LogP contribution in [-0.2, 0) is 0 Å². The van der Waals surface area contributed by atoms with Crippen LogP contribution in [0.4, 0.5) is 0 Å². The van der Waals surface area contributed by atoms with E-state index in [0.717, 1.165) is 5.56 Å². The fourth-order valence-corrected chi connectivity index (χ4v) is 2.68. The van der Waals surface area contributed by atoms with Crippen LogP contribution in [0.5, 0.6) is 0 Å². The molecule has 1 saturated heterocycles. The second-order valence-electron chi connectivity index (χ2n) is 5.39. The predicted molar refractivity (Wildman–Crippen MR) is 82.1 cm³/mol. The maximum absolute atomic E-state index is 3.51. The maximum atomic E-state index is 3.51. The third kappa shape index (κ3) is 4.73. The van der Waals surface area contributed by atoms with E-state index in [2.05, 4.69) is 47.9 Å². The van der Waals surface area contributed by atoms with Gasteiger partial charge in [0.05, 0.1) is 6.04 Å². The Morgan fingerprint density at radius 3 is 2.53 bits per heavy atom. The third-order valence-electron chi connectivity index (χ3n) is 3.82. The molecule has 1 nitrogen and oxygen atoms in total. The largest absolute Gasteiger partial charge is 0.290 e. The van der Waals surface area contributed by atoms with Crippen molar-refractivity contribution in [2.45, 2.75) is 51.5 Å². The van der Waals surface area contributed by atoms with Crippen molar-refractivity contribution in [2.75, 3.05) is 13.1 Å². The van der Waals surface area contributed by atoms with E-state index in [4.69, 9.17) is 0 Å². The number of benzene rings is 1. The summed E-state index contributed by atoms with van der Waals surface area (Å²) in [5.74, 6) is 6.87. The Morgan fingerprint density at radius 2 is 1.84 bits per heavy atom. The zero-order valence-electron chi connectivity index (χ0n) is 12.1. The van der Waals surface area contributed by atoms with E-state index in [1.54, 1.807) is 0 Å². The highest BCUT2D eigenvalue weighted by Gasteiger charge is 2.19. The van der Waals surface area contributed by atoms with E-state index in [0.29, 0.717) is 6.04 Å². The first kappa shape index (κ1) is 14.2. The van der Waals surface area contributed by atoms with Gasteiger partial charge in [0.2, 0.25) is 0 Å². The monoisotopic (exact) mass is 255 g/mol. The highest BCUT2D eigenvalue weighted by Crippen LogP contribution is 2.16. The van der Waals surface area contributed by atoms with E-state index in [-0.39, 0.29) is 0 Å². The van der Waals surface area contributed by atoms with Crippen molar-refractivity contribution in [1.82, 2.24) is 4.90 Å². The van der Waals surface area contributed by atoms with Crippen molar-refractivity contribution in [3.05, 3.63) is 35.9 Å². The molecule has 0 saturated carbocycles. The van der Waals surface area contributed by atoms with Gasteiger partial charge in [-0.1, -0.05) is 56.2 Å². The SMILES string of the molecule is CCCCC[C@@H](C#Cc1ccccc1)N1CCCC1. The Kier molecular flexibility index (Phi) is 5.98. The summed E-state index contributed by atoms with van der Waals surface area (Å²) in [4.78, 5) is 2.58. The molecule has 1 fully saturated rings. The molecular formula is C18H25N. The van der Waals surface area contributed by atoms with Crippen molar-refractivity contribution in [3.8, 4) is 11.8 Å². The van der Waals surface area contributed by atoms with Crippen LogP contribution in [0.1, 0.15) is 51.0 Å². The minimum atomic E-state index is 0.467. The maximum Gasteiger partial charge on any atom is 0.0718 e. The van der Waals surface area contributed by atoms with Gasteiger partial charge < -0.3 is 0 Å². The van der Waals surface area contributed by atoms with Gasteiger partial charge in [-0.05, 0) is 44.5 Å². The topological polar surface area (TPSA) is 3.24 Å². The van der Waals surface area contributed by atoms with Crippen LogP contribution in [0.2, 0.25) is 0 Å². The van der Waals surface area contributed by atoms with Crippen molar-refractivity contribution >= 4 is 0 Å². The molecule has 1 aromatic carbocycles. The summed E-state index contributed by atoms with van der Waals surface area (Å²) in [6.45, 7) is 4.74. The molecule has 0 N–H and O–H groups in total. The Labute approximate surface area is 118 Å². The van der Waals surface area contributed by atoms with Crippen molar-refractivity contribution in [3.63, 3.8) is 0 Å². The quantitative estimate of drug-likeness (QED) is 0.566. The molecule has 2 rings (SSSR count). The summed E-state index contributed by atoms with van der Waals surface area (Å²) >= 11 is 0. The summed E-state index contributed by atoms with van der Waals surface area (Å²) in [7, 11) is 0. The van der Waals surface area contributed by atoms with Gasteiger partial charge in [0.15, 0.2) is 0 Å². The fraction of sp³-hybridized carbons (Fsp3) is 0.556. The lowest BCUT2D eigenvalue weighted by molar-refractivity contribution is 0.275. The van der Waals surface area contributed by atoms with Crippen LogP contribution in [0, 0.1) is 11.8 Å². The van der Waals surface area contributed by atoms with E-state index < -0.39 is 0 Å². The van der Waals surface area contributed by atoms with Gasteiger partial charge >= 0.3 is 0 Å². The molecular weight excluding hydrogens is 230 g/mol. The van der Waals surface area contributed by atoms with E-state index in [1.165, 1.54) is 51.6 Å². The van der Waals surface area contributed by atoms with Crippen LogP contribution < -0.4 is 0 Å². The van der Waals surface area contributed by atoms with Gasteiger partial charge in [-0.15, -0.1) is 0 Å². The van der Waals surface area contributed by atoms with Gasteiger partial charge in [0.1, 0.15) is 0 Å². The number of rotatable bonds is 5. The Balaban J connectivity index is 1.98. The van der Waals surface area contributed by atoms with Crippen LogP contribution in [-0.4, -0.2) is 24.0 Å². The van der Waals surface area contributed by atoms with Gasteiger partial charge in [-0.2, -0.15) is 0 Å². The normalized spacial score (nSPS) is 16.9. The van der Waals surface area contributed by atoms with Gasteiger partial charge in [0.25, 0.3) is 0 Å². The van der Waals surface area contributed by atoms with E-state index in [1.807, 2.05) is 6.07 Å².